The van der Waals surface area contributed by atoms with Gasteiger partial charge in [-0.15, -0.1) is 0 Å². The number of benzene rings is 1. The average Bonchev–Trinajstić information content (AvgIpc) is 2.20. The lowest BCUT2D eigenvalue weighted by atomic mass is 9.87. The molecule has 2 heteroatoms. The van der Waals surface area contributed by atoms with E-state index in [1.807, 2.05) is 24.9 Å². The van der Waals surface area contributed by atoms with Crippen LogP contribution in [0.15, 0.2) is 24.3 Å². The van der Waals surface area contributed by atoms with Crippen molar-refractivity contribution in [2.45, 2.75) is 19.3 Å². The molecule has 2 rings (SSSR count). The SMILES string of the molecule is CC1(C)CP(C)(=O)c2ccccc21. The van der Waals surface area contributed by atoms with Crippen molar-refractivity contribution < 1.29 is 4.57 Å². The molecule has 0 saturated carbocycles. The van der Waals surface area contributed by atoms with Crippen molar-refractivity contribution >= 4 is 12.4 Å². The second-order valence-corrected chi connectivity index (χ2v) is 7.66. The van der Waals surface area contributed by atoms with E-state index < -0.39 is 7.14 Å². The summed E-state index contributed by atoms with van der Waals surface area (Å²) in [5.41, 5.74) is 1.38. The predicted molar refractivity (Wildman–Crippen MR) is 57.5 cm³/mol. The van der Waals surface area contributed by atoms with Crippen LogP contribution in [-0.2, 0) is 9.98 Å². The van der Waals surface area contributed by atoms with Crippen molar-refractivity contribution in [2.24, 2.45) is 0 Å². The minimum atomic E-state index is -2.05. The lowest BCUT2D eigenvalue weighted by Gasteiger charge is -2.17. The lowest BCUT2D eigenvalue weighted by molar-refractivity contribution is 0.565. The van der Waals surface area contributed by atoms with Crippen LogP contribution in [0.4, 0.5) is 0 Å². The van der Waals surface area contributed by atoms with Gasteiger partial charge in [0.1, 0.15) is 7.14 Å². The second kappa shape index (κ2) is 2.48. The van der Waals surface area contributed by atoms with Gasteiger partial charge in [-0.3, -0.25) is 0 Å². The van der Waals surface area contributed by atoms with Crippen LogP contribution in [0.3, 0.4) is 0 Å². The Morgan fingerprint density at radius 3 is 2.54 bits per heavy atom. The molecule has 1 aromatic rings. The maximum atomic E-state index is 12.3. The molecule has 0 amide bonds. The van der Waals surface area contributed by atoms with Crippen molar-refractivity contribution in [3.63, 3.8) is 0 Å². The molecule has 0 spiro atoms. The Morgan fingerprint density at radius 2 is 1.92 bits per heavy atom. The molecule has 0 aliphatic carbocycles. The normalized spacial score (nSPS) is 30.1. The molecule has 0 N–H and O–H groups in total. The zero-order valence-electron chi connectivity index (χ0n) is 8.37. The van der Waals surface area contributed by atoms with E-state index in [4.69, 9.17) is 0 Å². The highest BCUT2D eigenvalue weighted by Crippen LogP contribution is 2.53. The van der Waals surface area contributed by atoms with E-state index in [1.165, 1.54) is 5.56 Å². The van der Waals surface area contributed by atoms with E-state index >= 15 is 0 Å². The maximum absolute atomic E-state index is 12.3. The smallest absolute Gasteiger partial charge is 0.113 e. The van der Waals surface area contributed by atoms with Crippen LogP contribution in [0.1, 0.15) is 19.4 Å². The summed E-state index contributed by atoms with van der Waals surface area (Å²) < 4.78 is 12.3. The van der Waals surface area contributed by atoms with Gasteiger partial charge in [-0.05, 0) is 17.6 Å². The van der Waals surface area contributed by atoms with Gasteiger partial charge in [0.15, 0.2) is 0 Å². The summed E-state index contributed by atoms with van der Waals surface area (Å²) in [5, 5.41) is 1.10. The fraction of sp³-hybridized carbons (Fsp3) is 0.455. The first-order chi connectivity index (χ1) is 5.93. The molecule has 1 nitrogen and oxygen atoms in total. The Labute approximate surface area is 79.5 Å². The lowest BCUT2D eigenvalue weighted by Crippen LogP contribution is -2.17. The Hall–Kier alpha value is -0.550. The summed E-state index contributed by atoms with van der Waals surface area (Å²) in [6, 6.07) is 8.14. The van der Waals surface area contributed by atoms with Crippen molar-refractivity contribution in [1.82, 2.24) is 0 Å². The first kappa shape index (κ1) is 9.02. The first-order valence-corrected chi connectivity index (χ1v) is 6.94. The fourth-order valence-electron chi connectivity index (χ4n) is 2.38. The summed E-state index contributed by atoms with van der Waals surface area (Å²) in [6.45, 7) is 6.25. The number of rotatable bonds is 0. The van der Waals surface area contributed by atoms with Gasteiger partial charge >= 0.3 is 0 Å². The largest absolute Gasteiger partial charge is 0.319 e. The summed E-state index contributed by atoms with van der Waals surface area (Å²) in [5.74, 6) is 0. The van der Waals surface area contributed by atoms with Crippen LogP contribution >= 0.6 is 7.14 Å². The average molecular weight is 194 g/mol. The monoisotopic (exact) mass is 194 g/mol. The third kappa shape index (κ3) is 1.26. The van der Waals surface area contributed by atoms with Crippen molar-refractivity contribution in [1.29, 1.82) is 0 Å². The topological polar surface area (TPSA) is 17.1 Å². The Kier molecular flexibility index (Phi) is 1.72. The minimum absolute atomic E-state index is 0.0981. The molecule has 1 heterocycles. The highest BCUT2D eigenvalue weighted by atomic mass is 31.2. The van der Waals surface area contributed by atoms with Crippen molar-refractivity contribution in [3.05, 3.63) is 29.8 Å². The quantitative estimate of drug-likeness (QED) is 0.580. The van der Waals surface area contributed by atoms with Crippen LogP contribution < -0.4 is 5.30 Å². The molecule has 0 aromatic heterocycles. The summed E-state index contributed by atoms with van der Waals surface area (Å²) >= 11 is 0. The molecule has 0 fully saturated rings. The van der Waals surface area contributed by atoms with Gasteiger partial charge in [0.2, 0.25) is 0 Å². The van der Waals surface area contributed by atoms with E-state index in [0.29, 0.717) is 0 Å². The van der Waals surface area contributed by atoms with E-state index in [-0.39, 0.29) is 5.41 Å². The highest BCUT2D eigenvalue weighted by Gasteiger charge is 2.40. The van der Waals surface area contributed by atoms with Crippen LogP contribution in [0.25, 0.3) is 0 Å². The van der Waals surface area contributed by atoms with E-state index in [2.05, 4.69) is 19.9 Å². The fourth-order valence-corrected chi connectivity index (χ4v) is 5.52. The summed E-state index contributed by atoms with van der Waals surface area (Å²) in [4.78, 5) is 0. The van der Waals surface area contributed by atoms with Crippen LogP contribution in [0.5, 0.6) is 0 Å². The molecule has 1 aromatic carbocycles. The Morgan fingerprint density at radius 1 is 1.31 bits per heavy atom. The molecule has 0 radical (unpaired) electrons. The maximum Gasteiger partial charge on any atom is 0.113 e. The molecule has 0 bridgehead atoms. The van der Waals surface area contributed by atoms with Gasteiger partial charge in [-0.2, -0.15) is 0 Å². The van der Waals surface area contributed by atoms with Gasteiger partial charge in [0.25, 0.3) is 0 Å². The molecule has 1 aliphatic heterocycles. The highest BCUT2D eigenvalue weighted by molar-refractivity contribution is 7.71. The standard InChI is InChI=1S/C11H15OP/c1-11(2)8-13(3,12)10-7-5-4-6-9(10)11/h4-7H,8H2,1-3H3. The van der Waals surface area contributed by atoms with Gasteiger partial charge in [0, 0.05) is 11.5 Å². The summed E-state index contributed by atoms with van der Waals surface area (Å²) in [6.07, 6.45) is 0.819. The van der Waals surface area contributed by atoms with E-state index in [9.17, 15) is 4.57 Å². The molecule has 1 unspecified atom stereocenters. The minimum Gasteiger partial charge on any atom is -0.319 e. The Bertz CT molecular complexity index is 393. The van der Waals surface area contributed by atoms with Crippen LogP contribution in [0, 0.1) is 0 Å². The van der Waals surface area contributed by atoms with E-state index in [0.717, 1.165) is 11.5 Å². The van der Waals surface area contributed by atoms with Crippen LogP contribution in [0.2, 0.25) is 0 Å². The van der Waals surface area contributed by atoms with Gasteiger partial charge in [-0.1, -0.05) is 38.1 Å². The summed E-state index contributed by atoms with van der Waals surface area (Å²) in [7, 11) is -2.05. The Balaban J connectivity index is 2.72. The molecule has 0 saturated heterocycles. The molecular weight excluding hydrogens is 179 g/mol. The zero-order valence-corrected chi connectivity index (χ0v) is 9.27. The van der Waals surface area contributed by atoms with Crippen molar-refractivity contribution in [2.75, 3.05) is 12.8 Å². The first-order valence-electron chi connectivity index (χ1n) is 4.60. The van der Waals surface area contributed by atoms with Gasteiger partial charge in [-0.25, -0.2) is 0 Å². The molecule has 1 aliphatic rings. The van der Waals surface area contributed by atoms with Gasteiger partial charge in [0.05, 0.1) is 0 Å². The molecular formula is C11H15OP. The predicted octanol–water partition coefficient (Wildman–Crippen LogP) is 2.60. The molecule has 70 valence electrons. The number of hydrogen-bond donors (Lipinski definition) is 0. The molecule has 13 heavy (non-hydrogen) atoms. The molecule has 1 atom stereocenters. The third-order valence-electron chi connectivity index (χ3n) is 2.84. The van der Waals surface area contributed by atoms with Crippen LogP contribution in [-0.4, -0.2) is 12.8 Å². The second-order valence-electron chi connectivity index (χ2n) is 4.66. The zero-order chi connectivity index (χ0) is 9.69. The van der Waals surface area contributed by atoms with Crippen molar-refractivity contribution in [3.8, 4) is 0 Å². The number of hydrogen-bond acceptors (Lipinski definition) is 1. The number of fused-ring (bicyclic) bond motifs is 1. The van der Waals surface area contributed by atoms with Gasteiger partial charge < -0.3 is 4.57 Å². The third-order valence-corrected chi connectivity index (χ3v) is 5.64. The van der Waals surface area contributed by atoms with E-state index in [1.54, 1.807) is 0 Å².